The molecule has 1 aromatic carbocycles. The second-order valence-corrected chi connectivity index (χ2v) is 20.3. The molecule has 1 unspecified atom stereocenters. The Hall–Kier alpha value is -0.436. The summed E-state index contributed by atoms with van der Waals surface area (Å²) in [4.78, 5) is 0. The predicted molar refractivity (Wildman–Crippen MR) is 118 cm³/mol. The van der Waals surface area contributed by atoms with Crippen molar-refractivity contribution >= 4 is 33.2 Å². The van der Waals surface area contributed by atoms with Crippen LogP contribution >= 0.6 is 0 Å². The van der Waals surface area contributed by atoms with Gasteiger partial charge in [-0.05, 0) is 42.6 Å². The Morgan fingerprint density at radius 1 is 0.875 bits per heavy atom. The van der Waals surface area contributed by atoms with Gasteiger partial charge in [0.15, 0.2) is 8.24 Å². The molecule has 1 atom stereocenters. The van der Waals surface area contributed by atoms with E-state index in [1.165, 1.54) is 16.8 Å². The van der Waals surface area contributed by atoms with E-state index in [2.05, 4.69) is 94.3 Å². The third-order valence-corrected chi connectivity index (χ3v) is 9.88. The molecular weight excluding hydrogens is 346 g/mol. The molecule has 0 saturated heterocycles. The lowest BCUT2D eigenvalue weighted by atomic mass is 9.93. The smallest absolute Gasteiger partial charge is 0.185 e. The third kappa shape index (κ3) is 7.21. The van der Waals surface area contributed by atoms with Crippen LogP contribution in [0.1, 0.15) is 50.7 Å². The van der Waals surface area contributed by atoms with Crippen molar-refractivity contribution < 1.29 is 0 Å². The fourth-order valence-electron chi connectivity index (χ4n) is 2.40. The molecule has 0 radical (unpaired) electrons. The summed E-state index contributed by atoms with van der Waals surface area (Å²) in [5.74, 6) is 0.992. The fraction of sp³-hybridized carbons (Fsp3) is 0.667. The van der Waals surface area contributed by atoms with Gasteiger partial charge < -0.3 is 4.72 Å². The van der Waals surface area contributed by atoms with Gasteiger partial charge in [0.25, 0.3) is 0 Å². The highest BCUT2D eigenvalue weighted by Crippen LogP contribution is 2.33. The van der Waals surface area contributed by atoms with E-state index in [1.54, 1.807) is 0 Å². The number of benzene rings is 1. The molecule has 138 valence electrons. The van der Waals surface area contributed by atoms with Crippen LogP contribution in [0.25, 0.3) is 0 Å². The van der Waals surface area contributed by atoms with Crippen LogP contribution in [0, 0.1) is 0 Å². The summed E-state index contributed by atoms with van der Waals surface area (Å²) in [6.45, 7) is 23.0. The molecule has 0 aliphatic rings. The van der Waals surface area contributed by atoms with E-state index in [4.69, 9.17) is 4.03 Å². The Balaban J connectivity index is 3.39. The maximum Gasteiger partial charge on any atom is 0.185 e. The molecule has 0 bridgehead atoms. The largest absolute Gasteiger partial charge is 0.310 e. The minimum absolute atomic E-state index is 0.320. The van der Waals surface area contributed by atoms with E-state index in [1.807, 2.05) is 0 Å². The Bertz CT molecular complexity index is 559. The van der Waals surface area contributed by atoms with Crippen LogP contribution in [0.5, 0.6) is 0 Å². The van der Waals surface area contributed by atoms with E-state index in [9.17, 15) is 0 Å². The van der Waals surface area contributed by atoms with Crippen molar-refractivity contribution in [3.63, 3.8) is 0 Å². The number of hydrogen-bond acceptors (Lipinski definition) is 1. The molecule has 24 heavy (non-hydrogen) atoms. The molecule has 0 aliphatic heterocycles. The first-order valence-corrected chi connectivity index (χ1v) is 17.1. The first kappa shape index (κ1) is 21.6. The Morgan fingerprint density at radius 3 is 1.67 bits per heavy atom. The molecule has 0 aromatic heterocycles. The van der Waals surface area contributed by atoms with E-state index in [-0.39, 0.29) is 11.1 Å². The zero-order valence-electron chi connectivity index (χ0n) is 17.2. The molecule has 0 amide bonds. The number of nitrogens with one attached hydrogen (secondary N) is 2. The van der Waals surface area contributed by atoms with Gasteiger partial charge in [0.05, 0.1) is 16.8 Å². The van der Waals surface area contributed by atoms with Gasteiger partial charge in [-0.1, -0.05) is 65.5 Å². The van der Waals surface area contributed by atoms with Crippen molar-refractivity contribution in [1.29, 1.82) is 0 Å². The lowest BCUT2D eigenvalue weighted by Crippen LogP contribution is -2.45. The molecular formula is C18H37N3SSi2. The van der Waals surface area contributed by atoms with Gasteiger partial charge in [-0.2, -0.15) is 0 Å². The molecule has 2 N–H and O–H groups in total. The first-order chi connectivity index (χ1) is 10.8. The minimum atomic E-state index is -1.53. The average Bonchev–Trinajstić information content (AvgIpc) is 2.33. The summed E-state index contributed by atoms with van der Waals surface area (Å²) < 4.78 is 12.8. The lowest BCUT2D eigenvalue weighted by molar-refractivity contribution is 0.840. The van der Waals surface area contributed by atoms with E-state index >= 15 is 0 Å². The molecule has 0 spiro atoms. The number of hydrogen-bond donors (Lipinski definition) is 2. The van der Waals surface area contributed by atoms with Gasteiger partial charge in [-0.25, -0.2) is 0 Å². The van der Waals surface area contributed by atoms with E-state index in [0.717, 1.165) is 0 Å². The Morgan fingerprint density at radius 2 is 1.33 bits per heavy atom. The molecule has 1 aromatic rings. The van der Waals surface area contributed by atoms with Crippen molar-refractivity contribution in [2.75, 3.05) is 4.72 Å². The highest BCUT2D eigenvalue weighted by Gasteiger charge is 2.21. The van der Waals surface area contributed by atoms with E-state index in [0.29, 0.717) is 11.8 Å². The standard InChI is InChI=1S/C18H37N3SSi2/c1-14(2)16-12-11-13-17(15(3)4)18(16)19-22(20-23(5,6)7)21-24(8,9)10/h11-15H,1-10H3,(H2,19,20,21). The van der Waals surface area contributed by atoms with Gasteiger partial charge in [0.2, 0.25) is 0 Å². The number of rotatable bonds is 7. The maximum atomic E-state index is 5.17. The van der Waals surface area contributed by atoms with Crippen molar-refractivity contribution in [3.8, 4) is 0 Å². The van der Waals surface area contributed by atoms with Crippen LogP contribution in [-0.4, -0.2) is 16.5 Å². The van der Waals surface area contributed by atoms with Crippen LogP contribution in [-0.2, 0) is 11.1 Å². The molecule has 6 heteroatoms. The van der Waals surface area contributed by atoms with E-state index < -0.39 is 16.5 Å². The second-order valence-electron chi connectivity index (χ2n) is 9.12. The van der Waals surface area contributed by atoms with Crippen molar-refractivity contribution in [3.05, 3.63) is 29.3 Å². The number of para-hydroxylation sites is 1. The zero-order valence-corrected chi connectivity index (χ0v) is 20.1. The average molecular weight is 384 g/mol. The fourth-order valence-corrected chi connectivity index (χ4v) is 8.32. The molecule has 0 fully saturated rings. The van der Waals surface area contributed by atoms with Crippen molar-refractivity contribution in [2.24, 2.45) is 4.03 Å². The number of anilines is 1. The normalized spacial score (nSPS) is 14.5. The van der Waals surface area contributed by atoms with Crippen molar-refractivity contribution in [2.45, 2.75) is 78.8 Å². The lowest BCUT2D eigenvalue weighted by Gasteiger charge is -2.27. The van der Waals surface area contributed by atoms with Crippen LogP contribution < -0.4 is 9.11 Å². The van der Waals surface area contributed by atoms with Gasteiger partial charge in [-0.3, -0.25) is 8.42 Å². The summed E-state index contributed by atoms with van der Waals surface area (Å²) in [5.41, 5.74) is 4.07. The van der Waals surface area contributed by atoms with Gasteiger partial charge in [0.1, 0.15) is 8.24 Å². The summed E-state index contributed by atoms with van der Waals surface area (Å²) in [6.07, 6.45) is 0. The van der Waals surface area contributed by atoms with Gasteiger partial charge in [-0.15, -0.1) is 0 Å². The highest BCUT2D eigenvalue weighted by molar-refractivity contribution is 7.89. The monoisotopic (exact) mass is 383 g/mol. The zero-order chi connectivity index (χ0) is 18.7. The second kappa shape index (κ2) is 8.30. The summed E-state index contributed by atoms with van der Waals surface area (Å²) >= 11 is -0.320. The number of nitrogens with zero attached hydrogens (tertiary/aromatic N) is 1. The molecule has 0 saturated carbocycles. The van der Waals surface area contributed by atoms with Crippen LogP contribution in [0.3, 0.4) is 0 Å². The predicted octanol–water partition coefficient (Wildman–Crippen LogP) is 6.24. The molecule has 1 rings (SSSR count). The first-order valence-electron chi connectivity index (χ1n) is 8.95. The topological polar surface area (TPSA) is 36.4 Å². The highest BCUT2D eigenvalue weighted by atomic mass is 32.2. The summed E-state index contributed by atoms with van der Waals surface area (Å²) in [7, 11) is -2.96. The third-order valence-electron chi connectivity index (χ3n) is 3.34. The SMILES string of the molecule is CC(C)c1cccc(C(C)C)c1N/S(=N/[Si](C)(C)C)N[Si](C)(C)C. The maximum absolute atomic E-state index is 5.17. The summed E-state index contributed by atoms with van der Waals surface area (Å²) in [6, 6.07) is 6.70. The van der Waals surface area contributed by atoms with Crippen LogP contribution in [0.4, 0.5) is 5.69 Å². The van der Waals surface area contributed by atoms with Gasteiger partial charge in [0, 0.05) is 0 Å². The van der Waals surface area contributed by atoms with Crippen LogP contribution in [0.2, 0.25) is 39.3 Å². The minimum Gasteiger partial charge on any atom is -0.310 e. The Labute approximate surface area is 154 Å². The quantitative estimate of drug-likeness (QED) is 0.547. The van der Waals surface area contributed by atoms with Gasteiger partial charge >= 0.3 is 0 Å². The summed E-state index contributed by atoms with van der Waals surface area (Å²) in [5, 5.41) is 0. The Kier molecular flexibility index (Phi) is 7.47. The molecule has 3 nitrogen and oxygen atoms in total. The van der Waals surface area contributed by atoms with Crippen molar-refractivity contribution in [1.82, 2.24) is 4.39 Å². The van der Waals surface area contributed by atoms with Crippen LogP contribution in [0.15, 0.2) is 22.2 Å². The molecule has 0 aliphatic carbocycles. The molecule has 0 heterocycles.